The first-order chi connectivity index (χ1) is 8.92. The van der Waals surface area contributed by atoms with Gasteiger partial charge in [0.1, 0.15) is 11.6 Å². The van der Waals surface area contributed by atoms with E-state index in [2.05, 4.69) is 20.2 Å². The number of halogens is 1. The number of hydrogen-bond donors (Lipinski definition) is 1. The van der Waals surface area contributed by atoms with Gasteiger partial charge in [-0.3, -0.25) is 4.90 Å². The second-order valence-corrected chi connectivity index (χ2v) is 6.20. The number of likely N-dealkylation sites (tertiary alicyclic amines) is 1. The molecule has 1 aromatic heterocycles. The average Bonchev–Trinajstić information content (AvgIpc) is 2.26. The van der Waals surface area contributed by atoms with E-state index in [-0.39, 0.29) is 5.54 Å². The first-order valence-corrected chi connectivity index (χ1v) is 6.96. The minimum absolute atomic E-state index is 0.136. The minimum atomic E-state index is -0.464. The predicted molar refractivity (Wildman–Crippen MR) is 74.5 cm³/mol. The number of nitrogens with zero attached hydrogens (tertiary/aromatic N) is 3. The fourth-order valence-electron chi connectivity index (χ4n) is 2.30. The zero-order chi connectivity index (χ0) is 13.9. The highest BCUT2D eigenvalue weighted by Crippen LogP contribution is 2.15. The van der Waals surface area contributed by atoms with Crippen molar-refractivity contribution in [3.63, 3.8) is 0 Å². The molecule has 4 nitrogen and oxygen atoms in total. The highest BCUT2D eigenvalue weighted by Gasteiger charge is 2.15. The number of anilines is 1. The number of hydrogen-bond acceptors (Lipinski definition) is 4. The Morgan fingerprint density at radius 1 is 1.21 bits per heavy atom. The maximum atomic E-state index is 13.5. The SMILES string of the molecule is CC(C)(C)Nc1cc(F)nc(CN2CCCCC2)n1. The van der Waals surface area contributed by atoms with Crippen LogP contribution in [0.2, 0.25) is 0 Å². The van der Waals surface area contributed by atoms with Crippen LogP contribution in [0, 0.1) is 5.95 Å². The van der Waals surface area contributed by atoms with E-state index in [1.807, 2.05) is 20.8 Å². The Morgan fingerprint density at radius 3 is 2.53 bits per heavy atom. The molecule has 106 valence electrons. The van der Waals surface area contributed by atoms with Gasteiger partial charge in [-0.1, -0.05) is 6.42 Å². The smallest absolute Gasteiger partial charge is 0.218 e. The van der Waals surface area contributed by atoms with E-state index in [1.54, 1.807) is 0 Å². The molecular weight excluding hydrogens is 243 g/mol. The summed E-state index contributed by atoms with van der Waals surface area (Å²) >= 11 is 0. The van der Waals surface area contributed by atoms with Crippen LogP contribution in [0.15, 0.2) is 6.07 Å². The standard InChI is InChI=1S/C14H23FN4/c1-14(2,3)18-12-9-11(15)16-13(17-12)10-19-7-5-4-6-8-19/h9H,4-8,10H2,1-3H3,(H,16,17,18). The van der Waals surface area contributed by atoms with Gasteiger partial charge in [0.25, 0.3) is 0 Å². The largest absolute Gasteiger partial charge is 0.365 e. The summed E-state index contributed by atoms with van der Waals surface area (Å²) < 4.78 is 13.5. The molecule has 1 fully saturated rings. The summed E-state index contributed by atoms with van der Waals surface area (Å²) in [7, 11) is 0. The maximum Gasteiger partial charge on any atom is 0.218 e. The lowest BCUT2D eigenvalue weighted by Gasteiger charge is -2.26. The summed E-state index contributed by atoms with van der Waals surface area (Å²) in [5.41, 5.74) is -0.136. The van der Waals surface area contributed by atoms with Crippen LogP contribution in [0.1, 0.15) is 45.9 Å². The summed E-state index contributed by atoms with van der Waals surface area (Å²) in [5.74, 6) is 0.661. The fourth-order valence-corrected chi connectivity index (χ4v) is 2.30. The number of aromatic nitrogens is 2. The van der Waals surface area contributed by atoms with E-state index in [0.29, 0.717) is 18.2 Å². The van der Waals surface area contributed by atoms with Crippen LogP contribution in [0.4, 0.5) is 10.2 Å². The van der Waals surface area contributed by atoms with Gasteiger partial charge in [-0.2, -0.15) is 4.39 Å². The van der Waals surface area contributed by atoms with Gasteiger partial charge in [-0.15, -0.1) is 0 Å². The van der Waals surface area contributed by atoms with Crippen molar-refractivity contribution in [2.75, 3.05) is 18.4 Å². The molecule has 1 aromatic rings. The van der Waals surface area contributed by atoms with Crippen molar-refractivity contribution in [1.82, 2.24) is 14.9 Å². The van der Waals surface area contributed by atoms with Gasteiger partial charge >= 0.3 is 0 Å². The molecule has 19 heavy (non-hydrogen) atoms. The molecule has 0 aromatic carbocycles. The fraction of sp³-hybridized carbons (Fsp3) is 0.714. The lowest BCUT2D eigenvalue weighted by Crippen LogP contribution is -2.31. The lowest BCUT2D eigenvalue weighted by atomic mass is 10.1. The Bertz CT molecular complexity index is 422. The average molecular weight is 266 g/mol. The molecule has 1 saturated heterocycles. The Labute approximate surface area is 114 Å². The molecule has 0 spiro atoms. The zero-order valence-corrected chi connectivity index (χ0v) is 12.0. The number of nitrogens with one attached hydrogen (secondary N) is 1. The van der Waals surface area contributed by atoms with E-state index in [1.165, 1.54) is 25.3 Å². The normalized spacial score (nSPS) is 17.5. The molecule has 5 heteroatoms. The zero-order valence-electron chi connectivity index (χ0n) is 12.0. The molecule has 0 radical (unpaired) electrons. The molecule has 0 bridgehead atoms. The third kappa shape index (κ3) is 4.74. The summed E-state index contributed by atoms with van der Waals surface area (Å²) in [6.45, 7) is 8.83. The molecule has 2 heterocycles. The minimum Gasteiger partial charge on any atom is -0.365 e. The van der Waals surface area contributed by atoms with Crippen molar-refractivity contribution in [2.24, 2.45) is 0 Å². The second kappa shape index (κ2) is 5.82. The second-order valence-electron chi connectivity index (χ2n) is 6.20. The van der Waals surface area contributed by atoms with Gasteiger partial charge in [-0.05, 0) is 46.7 Å². The molecule has 0 aliphatic carbocycles. The van der Waals surface area contributed by atoms with Crippen LogP contribution in [0.3, 0.4) is 0 Å². The van der Waals surface area contributed by atoms with E-state index >= 15 is 0 Å². The molecule has 2 rings (SSSR count). The van der Waals surface area contributed by atoms with Crippen molar-refractivity contribution in [1.29, 1.82) is 0 Å². The van der Waals surface area contributed by atoms with Crippen molar-refractivity contribution >= 4 is 5.82 Å². The van der Waals surface area contributed by atoms with Gasteiger partial charge < -0.3 is 5.32 Å². The van der Waals surface area contributed by atoms with E-state index in [0.717, 1.165) is 13.1 Å². The maximum absolute atomic E-state index is 13.5. The predicted octanol–water partition coefficient (Wildman–Crippen LogP) is 2.81. The van der Waals surface area contributed by atoms with Gasteiger partial charge in [-0.25, -0.2) is 9.97 Å². The summed E-state index contributed by atoms with van der Waals surface area (Å²) in [6, 6.07) is 1.35. The van der Waals surface area contributed by atoms with Crippen molar-refractivity contribution < 1.29 is 4.39 Å². The van der Waals surface area contributed by atoms with E-state index in [4.69, 9.17) is 0 Å². The van der Waals surface area contributed by atoms with E-state index in [9.17, 15) is 4.39 Å². The monoisotopic (exact) mass is 266 g/mol. The third-order valence-electron chi connectivity index (χ3n) is 3.06. The summed E-state index contributed by atoms with van der Waals surface area (Å²) in [5, 5.41) is 3.19. The number of rotatable bonds is 3. The highest BCUT2D eigenvalue weighted by atomic mass is 19.1. The molecule has 0 unspecified atom stereocenters. The van der Waals surface area contributed by atoms with Crippen LogP contribution in [-0.4, -0.2) is 33.5 Å². The van der Waals surface area contributed by atoms with Crippen molar-refractivity contribution in [3.8, 4) is 0 Å². The molecule has 1 N–H and O–H groups in total. The van der Waals surface area contributed by atoms with E-state index < -0.39 is 5.95 Å². The quantitative estimate of drug-likeness (QED) is 0.854. The number of piperidine rings is 1. The van der Waals surface area contributed by atoms with Gasteiger partial charge in [0, 0.05) is 11.6 Å². The van der Waals surface area contributed by atoms with Crippen LogP contribution in [-0.2, 0) is 6.54 Å². The first kappa shape index (κ1) is 14.2. The van der Waals surface area contributed by atoms with Gasteiger partial charge in [0.2, 0.25) is 5.95 Å². The Balaban J connectivity index is 2.07. The van der Waals surface area contributed by atoms with Crippen LogP contribution in [0.5, 0.6) is 0 Å². The summed E-state index contributed by atoms with van der Waals surface area (Å²) in [6.07, 6.45) is 3.71. The molecule has 1 aliphatic rings. The molecule has 0 saturated carbocycles. The van der Waals surface area contributed by atoms with Crippen LogP contribution < -0.4 is 5.32 Å². The molecule has 0 atom stereocenters. The van der Waals surface area contributed by atoms with Gasteiger partial charge in [0.15, 0.2) is 0 Å². The first-order valence-electron chi connectivity index (χ1n) is 6.96. The van der Waals surface area contributed by atoms with Gasteiger partial charge in [0.05, 0.1) is 6.54 Å². The topological polar surface area (TPSA) is 41.1 Å². The van der Waals surface area contributed by atoms with Crippen LogP contribution in [0.25, 0.3) is 0 Å². The lowest BCUT2D eigenvalue weighted by molar-refractivity contribution is 0.215. The molecule has 1 aliphatic heterocycles. The van der Waals surface area contributed by atoms with Crippen LogP contribution >= 0.6 is 0 Å². The molecule has 0 amide bonds. The Kier molecular flexibility index (Phi) is 4.34. The Morgan fingerprint density at radius 2 is 1.89 bits per heavy atom. The molecular formula is C14H23FN4. The summed E-state index contributed by atoms with van der Waals surface area (Å²) in [4.78, 5) is 10.6. The third-order valence-corrected chi connectivity index (χ3v) is 3.06. The van der Waals surface area contributed by atoms with Crippen molar-refractivity contribution in [2.45, 2.75) is 52.1 Å². The Hall–Kier alpha value is -1.23. The van der Waals surface area contributed by atoms with Crippen molar-refractivity contribution in [3.05, 3.63) is 17.8 Å². The highest BCUT2D eigenvalue weighted by molar-refractivity contribution is 5.36.